The Labute approximate surface area is 112 Å². The van der Waals surface area contributed by atoms with Gasteiger partial charge in [0, 0.05) is 11.6 Å². The van der Waals surface area contributed by atoms with Crippen molar-refractivity contribution in [2.24, 2.45) is 0 Å². The Balaban J connectivity index is 2.41. The van der Waals surface area contributed by atoms with E-state index in [-0.39, 0.29) is 12.1 Å². The summed E-state index contributed by atoms with van der Waals surface area (Å²) in [7, 11) is 0. The molecular weight excluding hydrogens is 248 g/mol. The monoisotopic (exact) mass is 264 g/mol. The quantitative estimate of drug-likeness (QED) is 0.673. The Morgan fingerprint density at radius 2 is 2.28 bits per heavy atom. The smallest absolute Gasteiger partial charge is 0.144 e. The average Bonchev–Trinajstić information content (AvgIpc) is 2.37. The van der Waals surface area contributed by atoms with Crippen LogP contribution in [0.4, 0.5) is 11.4 Å². The van der Waals surface area contributed by atoms with Crippen molar-refractivity contribution in [3.8, 4) is 0 Å². The molecule has 1 aromatic carbocycles. The maximum atomic E-state index is 11.1. The van der Waals surface area contributed by atoms with Crippen LogP contribution in [0.2, 0.25) is 5.02 Å². The zero-order chi connectivity index (χ0) is 13.1. The standard InChI is InChI=1S/C14H17ClN2O/c1-3-4-7-17-10(2)13(9-18)16-12-6-5-11(15)8-14(12)17/h3-6,8-10,13,16H,7H2,1-2H3/t10-,13?/m0/s1. The van der Waals surface area contributed by atoms with Crippen molar-refractivity contribution in [1.29, 1.82) is 0 Å². The lowest BCUT2D eigenvalue weighted by molar-refractivity contribution is -0.108. The summed E-state index contributed by atoms with van der Waals surface area (Å²) in [6, 6.07) is 5.60. The first-order valence-corrected chi connectivity index (χ1v) is 6.44. The van der Waals surface area contributed by atoms with Crippen molar-refractivity contribution in [2.45, 2.75) is 25.9 Å². The Kier molecular flexibility index (Phi) is 3.92. The molecule has 1 N–H and O–H groups in total. The third-order valence-corrected chi connectivity index (χ3v) is 3.52. The van der Waals surface area contributed by atoms with Crippen LogP contribution < -0.4 is 10.2 Å². The summed E-state index contributed by atoms with van der Waals surface area (Å²) in [5.74, 6) is 0. The van der Waals surface area contributed by atoms with Crippen LogP contribution in [0.3, 0.4) is 0 Å². The molecule has 1 aliphatic rings. The van der Waals surface area contributed by atoms with Gasteiger partial charge in [-0.1, -0.05) is 23.8 Å². The van der Waals surface area contributed by atoms with Crippen LogP contribution in [-0.4, -0.2) is 24.9 Å². The number of rotatable bonds is 3. The first kappa shape index (κ1) is 13.0. The molecule has 0 fully saturated rings. The minimum atomic E-state index is -0.191. The van der Waals surface area contributed by atoms with E-state index in [9.17, 15) is 4.79 Å². The SMILES string of the molecule is CC=CCN1c2cc(Cl)ccc2NC(C=O)[C@@H]1C. The number of carbonyl (C=O) groups is 1. The van der Waals surface area contributed by atoms with E-state index in [1.807, 2.05) is 38.1 Å². The van der Waals surface area contributed by atoms with Crippen molar-refractivity contribution in [3.63, 3.8) is 0 Å². The van der Waals surface area contributed by atoms with Crippen LogP contribution in [0.1, 0.15) is 13.8 Å². The van der Waals surface area contributed by atoms with E-state index >= 15 is 0 Å². The number of fused-ring (bicyclic) bond motifs is 1. The van der Waals surface area contributed by atoms with Gasteiger partial charge in [-0.3, -0.25) is 0 Å². The molecule has 4 heteroatoms. The van der Waals surface area contributed by atoms with Gasteiger partial charge in [0.1, 0.15) is 12.3 Å². The predicted octanol–water partition coefficient (Wildman–Crippen LogP) is 3.10. The summed E-state index contributed by atoms with van der Waals surface area (Å²) in [5.41, 5.74) is 2.00. The van der Waals surface area contributed by atoms with E-state index < -0.39 is 0 Å². The molecule has 1 aromatic rings. The highest BCUT2D eigenvalue weighted by Crippen LogP contribution is 2.35. The lowest BCUT2D eigenvalue weighted by atomic mass is 10.0. The van der Waals surface area contributed by atoms with E-state index in [0.717, 1.165) is 24.2 Å². The van der Waals surface area contributed by atoms with Crippen molar-refractivity contribution >= 4 is 29.3 Å². The number of hydrogen-bond acceptors (Lipinski definition) is 3. The Hall–Kier alpha value is -1.48. The number of halogens is 1. The largest absolute Gasteiger partial charge is 0.372 e. The molecule has 1 unspecified atom stereocenters. The maximum absolute atomic E-state index is 11.1. The summed E-state index contributed by atoms with van der Waals surface area (Å²) in [6.45, 7) is 4.80. The second-order valence-electron chi connectivity index (χ2n) is 4.43. The van der Waals surface area contributed by atoms with E-state index in [4.69, 9.17) is 11.6 Å². The van der Waals surface area contributed by atoms with Gasteiger partial charge in [0.15, 0.2) is 0 Å². The van der Waals surface area contributed by atoms with Gasteiger partial charge in [-0.25, -0.2) is 0 Å². The van der Waals surface area contributed by atoms with Crippen molar-refractivity contribution < 1.29 is 4.79 Å². The molecule has 0 radical (unpaired) electrons. The molecule has 2 atom stereocenters. The fourth-order valence-corrected chi connectivity index (χ4v) is 2.38. The number of allylic oxidation sites excluding steroid dienone is 1. The maximum Gasteiger partial charge on any atom is 0.144 e. The lowest BCUT2D eigenvalue weighted by Crippen LogP contribution is -2.50. The van der Waals surface area contributed by atoms with Crippen LogP contribution in [0.25, 0.3) is 0 Å². The fraction of sp³-hybridized carbons (Fsp3) is 0.357. The zero-order valence-corrected chi connectivity index (χ0v) is 11.3. The minimum Gasteiger partial charge on any atom is -0.372 e. The molecule has 0 saturated heterocycles. The van der Waals surface area contributed by atoms with Crippen LogP contribution in [0.5, 0.6) is 0 Å². The van der Waals surface area contributed by atoms with E-state index in [2.05, 4.69) is 16.3 Å². The Morgan fingerprint density at radius 1 is 1.50 bits per heavy atom. The minimum absolute atomic E-state index is 0.102. The lowest BCUT2D eigenvalue weighted by Gasteiger charge is -2.40. The average molecular weight is 265 g/mol. The highest BCUT2D eigenvalue weighted by Gasteiger charge is 2.29. The normalized spacial score (nSPS) is 22.7. The number of nitrogens with zero attached hydrogens (tertiary/aromatic N) is 1. The first-order chi connectivity index (χ1) is 8.67. The van der Waals surface area contributed by atoms with Crippen LogP contribution in [-0.2, 0) is 4.79 Å². The highest BCUT2D eigenvalue weighted by molar-refractivity contribution is 6.31. The number of aldehydes is 1. The number of anilines is 2. The molecule has 2 rings (SSSR count). The van der Waals surface area contributed by atoms with Crippen molar-refractivity contribution in [1.82, 2.24) is 0 Å². The van der Waals surface area contributed by atoms with Crippen LogP contribution in [0, 0.1) is 0 Å². The van der Waals surface area contributed by atoms with Gasteiger partial charge >= 0.3 is 0 Å². The summed E-state index contributed by atoms with van der Waals surface area (Å²) >= 11 is 6.05. The number of hydrogen-bond donors (Lipinski definition) is 1. The molecule has 0 saturated carbocycles. The van der Waals surface area contributed by atoms with Gasteiger partial charge in [0.05, 0.1) is 17.4 Å². The molecule has 0 spiro atoms. The molecule has 1 aliphatic heterocycles. The third kappa shape index (κ3) is 2.36. The Morgan fingerprint density at radius 3 is 2.94 bits per heavy atom. The third-order valence-electron chi connectivity index (χ3n) is 3.29. The van der Waals surface area contributed by atoms with E-state index in [0.29, 0.717) is 5.02 Å². The molecule has 96 valence electrons. The molecular formula is C14H17ClN2O. The van der Waals surface area contributed by atoms with Crippen LogP contribution >= 0.6 is 11.6 Å². The topological polar surface area (TPSA) is 32.3 Å². The number of benzene rings is 1. The molecule has 1 heterocycles. The molecule has 3 nitrogen and oxygen atoms in total. The molecule has 0 bridgehead atoms. The zero-order valence-electron chi connectivity index (χ0n) is 10.6. The second kappa shape index (κ2) is 5.44. The van der Waals surface area contributed by atoms with Gasteiger partial charge in [-0.15, -0.1) is 0 Å². The second-order valence-corrected chi connectivity index (χ2v) is 4.87. The molecule has 18 heavy (non-hydrogen) atoms. The van der Waals surface area contributed by atoms with Gasteiger partial charge in [-0.2, -0.15) is 0 Å². The summed E-state index contributed by atoms with van der Waals surface area (Å²) in [4.78, 5) is 13.3. The van der Waals surface area contributed by atoms with E-state index in [1.165, 1.54) is 0 Å². The summed E-state index contributed by atoms with van der Waals surface area (Å²) in [6.07, 6.45) is 5.05. The van der Waals surface area contributed by atoms with Gasteiger partial charge in [0.2, 0.25) is 0 Å². The number of carbonyl (C=O) groups excluding carboxylic acids is 1. The van der Waals surface area contributed by atoms with E-state index in [1.54, 1.807) is 0 Å². The Bertz CT molecular complexity index is 473. The fourth-order valence-electron chi connectivity index (χ4n) is 2.21. The van der Waals surface area contributed by atoms with Gasteiger partial charge in [-0.05, 0) is 32.0 Å². The number of nitrogens with one attached hydrogen (secondary N) is 1. The van der Waals surface area contributed by atoms with Crippen LogP contribution in [0.15, 0.2) is 30.4 Å². The van der Waals surface area contributed by atoms with Gasteiger partial charge < -0.3 is 15.0 Å². The van der Waals surface area contributed by atoms with Crippen molar-refractivity contribution in [3.05, 3.63) is 35.4 Å². The van der Waals surface area contributed by atoms with Crippen molar-refractivity contribution in [2.75, 3.05) is 16.8 Å². The first-order valence-electron chi connectivity index (χ1n) is 6.06. The molecule has 0 amide bonds. The predicted molar refractivity (Wildman–Crippen MR) is 76.5 cm³/mol. The summed E-state index contributed by atoms with van der Waals surface area (Å²) in [5, 5.41) is 3.94. The summed E-state index contributed by atoms with van der Waals surface area (Å²) < 4.78 is 0. The molecule has 0 aliphatic carbocycles. The van der Waals surface area contributed by atoms with Gasteiger partial charge in [0.25, 0.3) is 0 Å². The molecule has 0 aromatic heterocycles. The highest BCUT2D eigenvalue weighted by atomic mass is 35.5.